The molecule has 0 saturated heterocycles. The zero-order valence-electron chi connectivity index (χ0n) is 12.3. The Balaban J connectivity index is 1.98. The Morgan fingerprint density at radius 2 is 1.59 bits per heavy atom. The number of nitrogens with zero attached hydrogens (tertiary/aromatic N) is 1. The molecule has 1 radical (unpaired) electrons. The molecule has 0 fully saturated rings. The molecular formula is C17H18N3O2. The Labute approximate surface area is 129 Å². The maximum atomic E-state index is 12.2. The van der Waals surface area contributed by atoms with Gasteiger partial charge in [0.05, 0.1) is 6.54 Å². The Kier molecular flexibility index (Phi) is 5.54. The number of carbonyl (C=O) groups excluding carboxylic acids is 2. The first-order valence-electron chi connectivity index (χ1n) is 6.99. The number of amides is 2. The van der Waals surface area contributed by atoms with Crippen molar-refractivity contribution < 1.29 is 9.59 Å². The molecule has 1 atom stereocenters. The average Bonchev–Trinajstić information content (AvgIpc) is 2.53. The maximum Gasteiger partial charge on any atom is 0.284 e. The number of nitrogens with one attached hydrogen (secondary N) is 2. The van der Waals surface area contributed by atoms with Crippen molar-refractivity contribution >= 4 is 17.5 Å². The summed E-state index contributed by atoms with van der Waals surface area (Å²) in [7, 11) is 0. The van der Waals surface area contributed by atoms with Gasteiger partial charge in [-0.1, -0.05) is 48.5 Å². The van der Waals surface area contributed by atoms with Crippen LogP contribution in [0.2, 0.25) is 0 Å². The third-order valence-electron chi connectivity index (χ3n) is 2.94. The van der Waals surface area contributed by atoms with E-state index in [-0.39, 0.29) is 12.5 Å². The van der Waals surface area contributed by atoms with Gasteiger partial charge in [-0.3, -0.25) is 9.59 Å². The van der Waals surface area contributed by atoms with Gasteiger partial charge in [-0.2, -0.15) is 0 Å². The summed E-state index contributed by atoms with van der Waals surface area (Å²) < 4.78 is 0. The normalized spacial score (nSPS) is 11.3. The van der Waals surface area contributed by atoms with E-state index >= 15 is 0 Å². The fourth-order valence-corrected chi connectivity index (χ4v) is 1.91. The van der Waals surface area contributed by atoms with Gasteiger partial charge < -0.3 is 10.6 Å². The largest absolute Gasteiger partial charge is 0.357 e. The molecule has 0 aliphatic heterocycles. The van der Waals surface area contributed by atoms with Gasteiger partial charge in [0.15, 0.2) is 6.17 Å². The number of para-hydroxylation sites is 1. The van der Waals surface area contributed by atoms with Crippen molar-refractivity contribution in [3.05, 3.63) is 66.2 Å². The minimum Gasteiger partial charge on any atom is -0.357 e. The zero-order valence-corrected chi connectivity index (χ0v) is 12.3. The summed E-state index contributed by atoms with van der Waals surface area (Å²) in [5.41, 5.74) is 1.68. The van der Waals surface area contributed by atoms with Crippen LogP contribution in [-0.2, 0) is 16.1 Å². The molecule has 2 N–H and O–H groups in total. The molecule has 0 aliphatic rings. The first-order chi connectivity index (χ1) is 10.6. The standard InChI is InChI=1S/C17H18N3O2/c1-13(21)19-16(20-15-10-6-3-7-11-15)17(22)18-12-14-8-4-2-5-9-14/h2-11,16,20H,12H2,1H3,(H,19,21). The molecule has 113 valence electrons. The van der Waals surface area contributed by atoms with E-state index in [4.69, 9.17) is 0 Å². The molecule has 0 bridgehead atoms. The topological polar surface area (TPSA) is 72.3 Å². The fourth-order valence-electron chi connectivity index (χ4n) is 1.91. The molecule has 0 aromatic heterocycles. The molecule has 1 unspecified atom stereocenters. The second kappa shape index (κ2) is 7.83. The van der Waals surface area contributed by atoms with E-state index < -0.39 is 12.1 Å². The summed E-state index contributed by atoms with van der Waals surface area (Å²) in [5.74, 6) is -0.709. The van der Waals surface area contributed by atoms with Crippen LogP contribution in [0.3, 0.4) is 0 Å². The number of benzene rings is 2. The van der Waals surface area contributed by atoms with Crippen molar-refractivity contribution in [3.63, 3.8) is 0 Å². The minimum absolute atomic E-state index is 0.284. The Hall–Kier alpha value is -2.82. The highest BCUT2D eigenvalue weighted by atomic mass is 16.2. The molecule has 0 spiro atoms. The second-order valence-electron chi connectivity index (χ2n) is 4.78. The van der Waals surface area contributed by atoms with Crippen molar-refractivity contribution in [2.45, 2.75) is 19.6 Å². The van der Waals surface area contributed by atoms with Crippen LogP contribution in [-0.4, -0.2) is 18.0 Å². The molecule has 2 rings (SSSR count). The van der Waals surface area contributed by atoms with Crippen LogP contribution >= 0.6 is 0 Å². The molecule has 2 aromatic rings. The van der Waals surface area contributed by atoms with Gasteiger partial charge in [-0.05, 0) is 17.7 Å². The summed E-state index contributed by atoms with van der Waals surface area (Å²) in [4.78, 5) is 23.5. The van der Waals surface area contributed by atoms with Crippen molar-refractivity contribution in [1.29, 1.82) is 0 Å². The maximum absolute atomic E-state index is 12.2. The molecule has 2 amide bonds. The van der Waals surface area contributed by atoms with Gasteiger partial charge in [-0.15, -0.1) is 0 Å². The third kappa shape index (κ3) is 4.94. The van der Waals surface area contributed by atoms with Gasteiger partial charge in [0.1, 0.15) is 0 Å². The Morgan fingerprint density at radius 3 is 2.18 bits per heavy atom. The SMILES string of the molecule is CC(=O)NC(Nc1ccccc1)C(=O)[N]Cc1ccccc1. The third-order valence-corrected chi connectivity index (χ3v) is 2.94. The van der Waals surface area contributed by atoms with E-state index in [0.717, 1.165) is 11.3 Å². The van der Waals surface area contributed by atoms with Crippen LogP contribution < -0.4 is 16.0 Å². The Morgan fingerprint density at radius 1 is 1.00 bits per heavy atom. The molecule has 0 heterocycles. The lowest BCUT2D eigenvalue weighted by molar-refractivity contribution is -0.127. The molecular weight excluding hydrogens is 278 g/mol. The number of rotatable bonds is 6. The lowest BCUT2D eigenvalue weighted by Gasteiger charge is -2.19. The quantitative estimate of drug-likeness (QED) is 0.800. The first-order valence-corrected chi connectivity index (χ1v) is 6.99. The fraction of sp³-hybridized carbons (Fsp3) is 0.176. The van der Waals surface area contributed by atoms with Gasteiger partial charge in [0.25, 0.3) is 5.91 Å². The zero-order chi connectivity index (χ0) is 15.8. The minimum atomic E-state index is -0.872. The average molecular weight is 296 g/mol. The number of anilines is 1. The van der Waals surface area contributed by atoms with Crippen LogP contribution in [0.5, 0.6) is 0 Å². The van der Waals surface area contributed by atoms with E-state index in [9.17, 15) is 9.59 Å². The highest BCUT2D eigenvalue weighted by Crippen LogP contribution is 2.07. The summed E-state index contributed by atoms with van der Waals surface area (Å²) in [5, 5.41) is 9.57. The molecule has 2 aromatic carbocycles. The van der Waals surface area contributed by atoms with Crippen LogP contribution in [0.4, 0.5) is 5.69 Å². The van der Waals surface area contributed by atoms with Crippen molar-refractivity contribution in [1.82, 2.24) is 10.6 Å². The van der Waals surface area contributed by atoms with E-state index in [0.29, 0.717) is 0 Å². The van der Waals surface area contributed by atoms with Crippen LogP contribution in [0.15, 0.2) is 60.7 Å². The van der Waals surface area contributed by atoms with Gasteiger partial charge in [-0.25, -0.2) is 5.32 Å². The molecule has 0 aliphatic carbocycles. The van der Waals surface area contributed by atoms with Crippen LogP contribution in [0, 0.1) is 0 Å². The molecule has 5 nitrogen and oxygen atoms in total. The number of hydrogen-bond acceptors (Lipinski definition) is 3. The summed E-state index contributed by atoms with van der Waals surface area (Å²) in [6.07, 6.45) is -0.872. The van der Waals surface area contributed by atoms with Gasteiger partial charge >= 0.3 is 0 Å². The highest BCUT2D eigenvalue weighted by molar-refractivity contribution is 5.88. The smallest absolute Gasteiger partial charge is 0.284 e. The lowest BCUT2D eigenvalue weighted by atomic mass is 10.2. The predicted octanol–water partition coefficient (Wildman–Crippen LogP) is 1.89. The Bertz CT molecular complexity index is 614. The van der Waals surface area contributed by atoms with Crippen LogP contribution in [0.25, 0.3) is 0 Å². The monoisotopic (exact) mass is 296 g/mol. The van der Waals surface area contributed by atoms with E-state index in [2.05, 4.69) is 16.0 Å². The summed E-state index contributed by atoms with van der Waals surface area (Å²) in [6.45, 7) is 1.65. The second-order valence-corrected chi connectivity index (χ2v) is 4.78. The predicted molar refractivity (Wildman–Crippen MR) is 85.0 cm³/mol. The molecule has 5 heteroatoms. The van der Waals surface area contributed by atoms with Crippen molar-refractivity contribution in [2.75, 3.05) is 5.32 Å². The van der Waals surface area contributed by atoms with E-state index in [1.54, 1.807) is 0 Å². The van der Waals surface area contributed by atoms with Gasteiger partial charge in [0, 0.05) is 12.6 Å². The van der Waals surface area contributed by atoms with E-state index in [1.807, 2.05) is 60.7 Å². The highest BCUT2D eigenvalue weighted by Gasteiger charge is 2.20. The first kappa shape index (κ1) is 15.6. The lowest BCUT2D eigenvalue weighted by Crippen LogP contribution is -2.48. The molecule has 0 saturated carbocycles. The molecule has 22 heavy (non-hydrogen) atoms. The van der Waals surface area contributed by atoms with E-state index in [1.165, 1.54) is 6.92 Å². The number of hydrogen-bond donors (Lipinski definition) is 2. The van der Waals surface area contributed by atoms with Crippen molar-refractivity contribution in [2.24, 2.45) is 0 Å². The van der Waals surface area contributed by atoms with Crippen molar-refractivity contribution in [3.8, 4) is 0 Å². The van der Waals surface area contributed by atoms with Gasteiger partial charge in [0.2, 0.25) is 5.91 Å². The summed E-state index contributed by atoms with van der Waals surface area (Å²) >= 11 is 0. The number of carbonyl (C=O) groups is 2. The summed E-state index contributed by atoms with van der Waals surface area (Å²) in [6, 6.07) is 18.7. The van der Waals surface area contributed by atoms with Crippen LogP contribution in [0.1, 0.15) is 12.5 Å².